The molecule has 0 unspecified atom stereocenters. The van der Waals surface area contributed by atoms with Crippen LogP contribution in [0.25, 0.3) is 0 Å². The molecule has 0 aliphatic rings. The van der Waals surface area contributed by atoms with Crippen molar-refractivity contribution in [3.63, 3.8) is 0 Å². The molecule has 2 rings (SSSR count). The molecule has 0 aliphatic heterocycles. The Kier molecular flexibility index (Phi) is 7.34. The van der Waals surface area contributed by atoms with Crippen molar-refractivity contribution in [2.24, 2.45) is 0 Å². The Hall–Kier alpha value is -2.90. The third kappa shape index (κ3) is 5.54. The number of benzene rings is 2. The molecular weight excluding hydrogens is 372 g/mol. The third-order valence-corrected chi connectivity index (χ3v) is 4.10. The third-order valence-electron chi connectivity index (χ3n) is 3.75. The van der Waals surface area contributed by atoms with Gasteiger partial charge in [-0.2, -0.15) is 0 Å². The van der Waals surface area contributed by atoms with E-state index in [-0.39, 0.29) is 6.54 Å². The van der Waals surface area contributed by atoms with Crippen LogP contribution in [0, 0.1) is 0 Å². The molecule has 1 atom stereocenters. The maximum absolute atomic E-state index is 12.0. The lowest BCUT2D eigenvalue weighted by molar-refractivity contribution is -0.136. The van der Waals surface area contributed by atoms with Gasteiger partial charge in [0, 0.05) is 29.9 Å². The van der Waals surface area contributed by atoms with Gasteiger partial charge in [0.05, 0.1) is 12.7 Å². The SMILES string of the molecule is COC(=O)c1ccc(NC(=O)C(=O)NC[C@@H](OC)c2ccccc2Cl)cc1. The topological polar surface area (TPSA) is 93.7 Å². The average molecular weight is 391 g/mol. The number of methoxy groups -OCH3 is 2. The van der Waals surface area contributed by atoms with Crippen LogP contribution in [-0.4, -0.2) is 38.5 Å². The first-order chi connectivity index (χ1) is 13.0. The Labute approximate surface area is 161 Å². The number of anilines is 1. The first-order valence-corrected chi connectivity index (χ1v) is 8.38. The highest BCUT2D eigenvalue weighted by molar-refractivity contribution is 6.39. The van der Waals surface area contributed by atoms with E-state index in [2.05, 4.69) is 15.4 Å². The van der Waals surface area contributed by atoms with Crippen molar-refractivity contribution in [2.75, 3.05) is 26.1 Å². The lowest BCUT2D eigenvalue weighted by Crippen LogP contribution is -2.38. The first kappa shape index (κ1) is 20.4. The maximum Gasteiger partial charge on any atom is 0.337 e. The fourth-order valence-corrected chi connectivity index (χ4v) is 2.57. The summed E-state index contributed by atoms with van der Waals surface area (Å²) in [6.45, 7) is 0.0771. The van der Waals surface area contributed by atoms with Crippen molar-refractivity contribution in [3.05, 3.63) is 64.7 Å². The Morgan fingerprint density at radius 1 is 1.00 bits per heavy atom. The highest BCUT2D eigenvalue weighted by Gasteiger charge is 2.18. The summed E-state index contributed by atoms with van der Waals surface area (Å²) in [5, 5.41) is 5.47. The zero-order valence-corrected chi connectivity index (χ0v) is 15.6. The van der Waals surface area contributed by atoms with Crippen LogP contribution < -0.4 is 10.6 Å². The number of rotatable bonds is 6. The van der Waals surface area contributed by atoms with Crippen LogP contribution in [0.5, 0.6) is 0 Å². The van der Waals surface area contributed by atoms with E-state index in [9.17, 15) is 14.4 Å². The van der Waals surface area contributed by atoms with E-state index in [4.69, 9.17) is 16.3 Å². The lowest BCUT2D eigenvalue weighted by Gasteiger charge is -2.17. The monoisotopic (exact) mass is 390 g/mol. The molecule has 0 bridgehead atoms. The molecule has 0 saturated carbocycles. The largest absolute Gasteiger partial charge is 0.465 e. The molecule has 2 amide bonds. The summed E-state index contributed by atoms with van der Waals surface area (Å²) in [6.07, 6.45) is -0.491. The van der Waals surface area contributed by atoms with Crippen LogP contribution in [-0.2, 0) is 19.1 Å². The Balaban J connectivity index is 1.92. The lowest BCUT2D eigenvalue weighted by atomic mass is 10.1. The molecule has 2 N–H and O–H groups in total. The van der Waals surface area contributed by atoms with Crippen molar-refractivity contribution in [3.8, 4) is 0 Å². The number of amides is 2. The second kappa shape index (κ2) is 9.70. The quantitative estimate of drug-likeness (QED) is 0.584. The summed E-state index contributed by atoms with van der Waals surface area (Å²) in [5.41, 5.74) is 1.42. The van der Waals surface area contributed by atoms with E-state index in [0.717, 1.165) is 0 Å². The van der Waals surface area contributed by atoms with Crippen molar-refractivity contribution < 1.29 is 23.9 Å². The second-order valence-electron chi connectivity index (χ2n) is 5.48. The van der Waals surface area contributed by atoms with Gasteiger partial charge in [-0.15, -0.1) is 0 Å². The van der Waals surface area contributed by atoms with Gasteiger partial charge in [0.2, 0.25) is 0 Å². The van der Waals surface area contributed by atoms with Crippen molar-refractivity contribution in [2.45, 2.75) is 6.10 Å². The summed E-state index contributed by atoms with van der Waals surface area (Å²) in [4.78, 5) is 35.4. The van der Waals surface area contributed by atoms with Gasteiger partial charge in [-0.05, 0) is 30.3 Å². The van der Waals surface area contributed by atoms with Gasteiger partial charge in [-0.1, -0.05) is 29.8 Å². The van der Waals surface area contributed by atoms with Crippen LogP contribution in [0.3, 0.4) is 0 Å². The summed E-state index contributed by atoms with van der Waals surface area (Å²) in [6, 6.07) is 13.1. The summed E-state index contributed by atoms with van der Waals surface area (Å²) in [7, 11) is 2.77. The fourth-order valence-electron chi connectivity index (χ4n) is 2.32. The number of hydrogen-bond donors (Lipinski definition) is 2. The molecule has 8 heteroatoms. The molecule has 2 aromatic carbocycles. The van der Waals surface area contributed by atoms with E-state index >= 15 is 0 Å². The first-order valence-electron chi connectivity index (χ1n) is 8.01. The molecule has 0 saturated heterocycles. The van der Waals surface area contributed by atoms with E-state index in [1.807, 2.05) is 0 Å². The Bertz CT molecular complexity index is 823. The molecule has 0 spiro atoms. The van der Waals surface area contributed by atoms with E-state index in [1.54, 1.807) is 24.3 Å². The molecule has 0 aliphatic carbocycles. The van der Waals surface area contributed by atoms with E-state index < -0.39 is 23.9 Å². The molecule has 0 fully saturated rings. The zero-order valence-electron chi connectivity index (χ0n) is 14.8. The number of ether oxygens (including phenoxy) is 2. The number of nitrogens with one attached hydrogen (secondary N) is 2. The zero-order chi connectivity index (χ0) is 19.8. The highest BCUT2D eigenvalue weighted by Crippen LogP contribution is 2.24. The van der Waals surface area contributed by atoms with E-state index in [0.29, 0.717) is 21.8 Å². The predicted molar refractivity (Wildman–Crippen MR) is 101 cm³/mol. The molecule has 7 nitrogen and oxygen atoms in total. The van der Waals surface area contributed by atoms with Crippen molar-refractivity contribution in [1.82, 2.24) is 5.32 Å². The van der Waals surface area contributed by atoms with Crippen LogP contribution in [0.4, 0.5) is 5.69 Å². The van der Waals surface area contributed by atoms with Crippen molar-refractivity contribution >= 4 is 35.1 Å². The van der Waals surface area contributed by atoms with Crippen LogP contribution in [0.15, 0.2) is 48.5 Å². The molecule has 0 heterocycles. The number of carbonyl (C=O) groups excluding carboxylic acids is 3. The highest BCUT2D eigenvalue weighted by atomic mass is 35.5. The normalized spacial score (nSPS) is 11.4. The number of esters is 1. The number of carbonyl (C=O) groups is 3. The number of halogens is 1. The summed E-state index contributed by atoms with van der Waals surface area (Å²) in [5.74, 6) is -2.15. The Morgan fingerprint density at radius 2 is 1.67 bits per heavy atom. The van der Waals surface area contributed by atoms with Crippen LogP contribution in [0.1, 0.15) is 22.0 Å². The molecule has 27 heavy (non-hydrogen) atoms. The standard InChI is InChI=1S/C19H19ClN2O5/c1-26-16(14-5-3-4-6-15(14)20)11-21-17(23)18(24)22-13-9-7-12(8-10-13)19(25)27-2/h3-10,16H,11H2,1-2H3,(H,21,23)(H,22,24)/t16-/m1/s1. The smallest absolute Gasteiger partial charge is 0.337 e. The molecule has 142 valence electrons. The Morgan fingerprint density at radius 3 is 2.26 bits per heavy atom. The summed E-state index contributed by atoms with van der Waals surface area (Å²) >= 11 is 6.12. The molecule has 2 aromatic rings. The van der Waals surface area contributed by atoms with Gasteiger partial charge >= 0.3 is 17.8 Å². The minimum atomic E-state index is -0.838. The van der Waals surface area contributed by atoms with Gasteiger partial charge in [-0.3, -0.25) is 9.59 Å². The van der Waals surface area contributed by atoms with Gasteiger partial charge in [0.25, 0.3) is 0 Å². The molecule has 0 aromatic heterocycles. The second-order valence-corrected chi connectivity index (χ2v) is 5.89. The van der Waals surface area contributed by atoms with Gasteiger partial charge in [0.1, 0.15) is 6.10 Å². The summed E-state index contributed by atoms with van der Waals surface area (Å²) < 4.78 is 9.93. The minimum Gasteiger partial charge on any atom is -0.465 e. The fraction of sp³-hybridized carbons (Fsp3) is 0.211. The average Bonchev–Trinajstić information content (AvgIpc) is 2.69. The molecule has 0 radical (unpaired) electrons. The van der Waals surface area contributed by atoms with Crippen molar-refractivity contribution in [1.29, 1.82) is 0 Å². The van der Waals surface area contributed by atoms with Crippen LogP contribution >= 0.6 is 11.6 Å². The van der Waals surface area contributed by atoms with Crippen LogP contribution in [0.2, 0.25) is 5.02 Å². The number of hydrogen-bond acceptors (Lipinski definition) is 5. The predicted octanol–water partition coefficient (Wildman–Crippen LogP) is 2.57. The maximum atomic E-state index is 12.0. The van der Waals surface area contributed by atoms with Gasteiger partial charge < -0.3 is 20.1 Å². The minimum absolute atomic E-state index is 0.0771. The van der Waals surface area contributed by atoms with Gasteiger partial charge in [0.15, 0.2) is 0 Å². The molecular formula is C19H19ClN2O5. The van der Waals surface area contributed by atoms with E-state index in [1.165, 1.54) is 38.5 Å². The van der Waals surface area contributed by atoms with Gasteiger partial charge in [-0.25, -0.2) is 4.79 Å².